The first-order valence-electron chi connectivity index (χ1n) is 8.47. The molecule has 3 atom stereocenters. The zero-order valence-corrected chi connectivity index (χ0v) is 14.9. The van der Waals surface area contributed by atoms with E-state index in [2.05, 4.69) is 21.9 Å². The van der Waals surface area contributed by atoms with Crippen molar-refractivity contribution in [3.63, 3.8) is 0 Å². The summed E-state index contributed by atoms with van der Waals surface area (Å²) in [6.07, 6.45) is 6.03. The Morgan fingerprint density at radius 1 is 1.29 bits per heavy atom. The maximum absolute atomic E-state index is 12.6. The molecule has 6 heteroatoms. The van der Waals surface area contributed by atoms with Crippen LogP contribution in [0, 0.1) is 18.8 Å². The standard InChI is InChI=1S/C18H22N4OS/c1-12-8-20-17(9-19-12)21(2)15-6-5-13-10-22(11-14(13)15)18(23)16-4-3-7-24-16/h3-4,7-9,13-15H,5-6,10-11H2,1-2H3/t13-,14+,15-/m1/s1. The first-order chi connectivity index (χ1) is 11.6. The number of amides is 1. The van der Waals surface area contributed by atoms with Crippen LogP contribution in [0.2, 0.25) is 0 Å². The molecule has 126 valence electrons. The third-order valence-corrected chi connectivity index (χ3v) is 6.32. The van der Waals surface area contributed by atoms with Crippen molar-refractivity contribution in [2.24, 2.45) is 11.8 Å². The summed E-state index contributed by atoms with van der Waals surface area (Å²) >= 11 is 1.53. The fourth-order valence-corrected chi connectivity index (χ4v) is 4.87. The maximum Gasteiger partial charge on any atom is 0.263 e. The fourth-order valence-electron chi connectivity index (χ4n) is 4.18. The number of aromatic nitrogens is 2. The monoisotopic (exact) mass is 342 g/mol. The van der Waals surface area contributed by atoms with E-state index in [1.54, 1.807) is 0 Å². The number of hydrogen-bond donors (Lipinski definition) is 0. The Kier molecular flexibility index (Phi) is 4.00. The minimum Gasteiger partial charge on any atom is -0.355 e. The van der Waals surface area contributed by atoms with Crippen molar-refractivity contribution < 1.29 is 4.79 Å². The van der Waals surface area contributed by atoms with Gasteiger partial charge in [-0.05, 0) is 37.1 Å². The maximum atomic E-state index is 12.6. The summed E-state index contributed by atoms with van der Waals surface area (Å²) in [7, 11) is 2.11. The molecule has 1 amide bonds. The van der Waals surface area contributed by atoms with Crippen LogP contribution in [0.3, 0.4) is 0 Å². The predicted molar refractivity (Wildman–Crippen MR) is 95.4 cm³/mol. The van der Waals surface area contributed by atoms with Crippen LogP contribution in [-0.4, -0.2) is 47.0 Å². The number of hydrogen-bond acceptors (Lipinski definition) is 5. The third kappa shape index (κ3) is 2.69. The molecule has 1 saturated heterocycles. The molecule has 2 aromatic rings. The van der Waals surface area contributed by atoms with Crippen LogP contribution in [0.5, 0.6) is 0 Å². The van der Waals surface area contributed by atoms with Crippen LogP contribution >= 0.6 is 11.3 Å². The molecule has 2 aliphatic rings. The third-order valence-electron chi connectivity index (χ3n) is 5.46. The van der Waals surface area contributed by atoms with Crippen molar-refractivity contribution in [2.75, 3.05) is 25.0 Å². The number of rotatable bonds is 3. The lowest BCUT2D eigenvalue weighted by atomic mass is 9.97. The lowest BCUT2D eigenvalue weighted by molar-refractivity contribution is 0.0784. The van der Waals surface area contributed by atoms with Gasteiger partial charge in [-0.25, -0.2) is 4.98 Å². The summed E-state index contributed by atoms with van der Waals surface area (Å²) in [6.45, 7) is 3.70. The molecule has 0 unspecified atom stereocenters. The SMILES string of the molecule is Cc1cnc(N(C)[C@@H]2CC[C@@H]3CN(C(=O)c4cccs4)C[C@@H]32)cn1. The van der Waals surface area contributed by atoms with Crippen molar-refractivity contribution in [3.8, 4) is 0 Å². The number of carbonyl (C=O) groups excluding carboxylic acids is 1. The van der Waals surface area contributed by atoms with E-state index in [-0.39, 0.29) is 5.91 Å². The van der Waals surface area contributed by atoms with Crippen molar-refractivity contribution >= 4 is 23.1 Å². The first-order valence-corrected chi connectivity index (χ1v) is 9.35. The Hall–Kier alpha value is -1.95. The van der Waals surface area contributed by atoms with E-state index < -0.39 is 0 Å². The number of aryl methyl sites for hydroxylation is 1. The molecule has 1 saturated carbocycles. The van der Waals surface area contributed by atoms with Crippen LogP contribution in [-0.2, 0) is 0 Å². The van der Waals surface area contributed by atoms with Crippen molar-refractivity contribution in [1.82, 2.24) is 14.9 Å². The van der Waals surface area contributed by atoms with E-state index in [0.717, 1.165) is 29.5 Å². The van der Waals surface area contributed by atoms with Crippen molar-refractivity contribution in [1.29, 1.82) is 0 Å². The molecule has 4 rings (SSSR count). The highest BCUT2D eigenvalue weighted by Gasteiger charge is 2.45. The van der Waals surface area contributed by atoms with Gasteiger partial charge in [-0.3, -0.25) is 9.78 Å². The molecular formula is C18H22N4OS. The number of anilines is 1. The Labute approximate surface area is 146 Å². The fraction of sp³-hybridized carbons (Fsp3) is 0.500. The summed E-state index contributed by atoms with van der Waals surface area (Å²) in [4.78, 5) is 26.7. The lowest BCUT2D eigenvalue weighted by Crippen LogP contribution is -2.39. The van der Waals surface area contributed by atoms with Crippen LogP contribution in [0.4, 0.5) is 5.82 Å². The van der Waals surface area contributed by atoms with Crippen LogP contribution in [0.1, 0.15) is 28.2 Å². The molecule has 2 aromatic heterocycles. The van der Waals surface area contributed by atoms with Gasteiger partial charge < -0.3 is 9.80 Å². The van der Waals surface area contributed by atoms with Gasteiger partial charge in [-0.2, -0.15) is 0 Å². The smallest absolute Gasteiger partial charge is 0.263 e. The molecule has 0 N–H and O–H groups in total. The molecule has 0 bridgehead atoms. The molecule has 0 radical (unpaired) electrons. The minimum absolute atomic E-state index is 0.191. The summed E-state index contributed by atoms with van der Waals surface area (Å²) in [6, 6.07) is 4.31. The Morgan fingerprint density at radius 3 is 2.88 bits per heavy atom. The second-order valence-corrected chi connectivity index (χ2v) is 7.83. The normalized spacial score (nSPS) is 25.8. The average Bonchev–Trinajstić information content (AvgIpc) is 3.31. The first kappa shape index (κ1) is 15.6. The van der Waals surface area contributed by atoms with E-state index in [4.69, 9.17) is 0 Å². The highest BCUT2D eigenvalue weighted by molar-refractivity contribution is 7.12. The van der Waals surface area contributed by atoms with E-state index in [1.165, 1.54) is 24.2 Å². The lowest BCUT2D eigenvalue weighted by Gasteiger charge is -2.30. The molecule has 3 heterocycles. The molecule has 24 heavy (non-hydrogen) atoms. The van der Waals surface area contributed by atoms with Gasteiger partial charge >= 0.3 is 0 Å². The summed E-state index contributed by atoms with van der Waals surface area (Å²) in [5.41, 5.74) is 0.935. The van der Waals surface area contributed by atoms with Crippen LogP contribution < -0.4 is 4.90 Å². The van der Waals surface area contributed by atoms with E-state index in [1.807, 2.05) is 41.7 Å². The van der Waals surface area contributed by atoms with Gasteiger partial charge in [0.1, 0.15) is 5.82 Å². The molecule has 1 aliphatic heterocycles. The Bertz CT molecular complexity index is 715. The van der Waals surface area contributed by atoms with Gasteiger partial charge in [-0.1, -0.05) is 6.07 Å². The largest absolute Gasteiger partial charge is 0.355 e. The van der Waals surface area contributed by atoms with Crippen LogP contribution in [0.15, 0.2) is 29.9 Å². The Morgan fingerprint density at radius 2 is 2.17 bits per heavy atom. The van der Waals surface area contributed by atoms with Gasteiger partial charge in [0.05, 0.1) is 23.0 Å². The number of likely N-dealkylation sites (tertiary alicyclic amines) is 1. The minimum atomic E-state index is 0.191. The molecule has 0 spiro atoms. The molecule has 5 nitrogen and oxygen atoms in total. The number of carbonyl (C=O) groups is 1. The second kappa shape index (κ2) is 6.16. The zero-order valence-electron chi connectivity index (χ0n) is 14.1. The average molecular weight is 342 g/mol. The topological polar surface area (TPSA) is 49.3 Å². The zero-order chi connectivity index (χ0) is 16.7. The number of nitrogens with zero attached hydrogens (tertiary/aromatic N) is 4. The summed E-state index contributed by atoms with van der Waals surface area (Å²) in [5.74, 6) is 2.26. The molecule has 2 fully saturated rings. The Balaban J connectivity index is 1.48. The number of fused-ring (bicyclic) bond motifs is 1. The van der Waals surface area contributed by atoms with Gasteiger partial charge in [0.15, 0.2) is 0 Å². The van der Waals surface area contributed by atoms with Gasteiger partial charge in [-0.15, -0.1) is 11.3 Å². The quantitative estimate of drug-likeness (QED) is 0.861. The molecular weight excluding hydrogens is 320 g/mol. The highest BCUT2D eigenvalue weighted by Crippen LogP contribution is 2.41. The number of thiophene rings is 1. The van der Waals surface area contributed by atoms with Gasteiger partial charge in [0.2, 0.25) is 0 Å². The van der Waals surface area contributed by atoms with Crippen LogP contribution in [0.25, 0.3) is 0 Å². The highest BCUT2D eigenvalue weighted by atomic mass is 32.1. The van der Waals surface area contributed by atoms with Crippen molar-refractivity contribution in [3.05, 3.63) is 40.5 Å². The second-order valence-electron chi connectivity index (χ2n) is 6.88. The summed E-state index contributed by atoms with van der Waals surface area (Å²) < 4.78 is 0. The summed E-state index contributed by atoms with van der Waals surface area (Å²) in [5, 5.41) is 1.97. The predicted octanol–water partition coefficient (Wildman–Crippen LogP) is 2.83. The molecule has 1 aliphatic carbocycles. The van der Waals surface area contributed by atoms with E-state index in [0.29, 0.717) is 17.9 Å². The van der Waals surface area contributed by atoms with E-state index >= 15 is 0 Å². The molecule has 0 aromatic carbocycles. The van der Waals surface area contributed by atoms with Crippen molar-refractivity contribution in [2.45, 2.75) is 25.8 Å². The van der Waals surface area contributed by atoms with E-state index in [9.17, 15) is 4.79 Å². The van der Waals surface area contributed by atoms with Gasteiger partial charge in [0, 0.05) is 32.1 Å². The van der Waals surface area contributed by atoms with Gasteiger partial charge in [0.25, 0.3) is 5.91 Å².